The third-order valence-electron chi connectivity index (χ3n) is 5.15. The normalized spacial score (nSPS) is 16.2. The summed E-state index contributed by atoms with van der Waals surface area (Å²) in [5.41, 5.74) is 3.50. The summed E-state index contributed by atoms with van der Waals surface area (Å²) in [7, 11) is -3.47. The van der Waals surface area contributed by atoms with Crippen LogP contribution in [0.3, 0.4) is 0 Å². The van der Waals surface area contributed by atoms with Gasteiger partial charge in [-0.15, -0.1) is 11.3 Å². The molecule has 0 atom stereocenters. The Labute approximate surface area is 175 Å². The Balaban J connectivity index is 1.36. The Bertz CT molecular complexity index is 1040. The average Bonchev–Trinajstić information content (AvgIpc) is 3.23. The van der Waals surface area contributed by atoms with E-state index in [0.717, 1.165) is 29.2 Å². The standard InChI is InChI=1S/C21H24N4O2S2/c1-2-17-5-7-18(8-6-17)21-23-19(16-28-21)15-24-10-12-25(13-11-24)29(26,27)20-4-3-9-22-14-20/h3-9,14,16H,2,10-13,15H2,1H3. The van der Waals surface area contributed by atoms with Crippen LogP contribution in [0.4, 0.5) is 0 Å². The summed E-state index contributed by atoms with van der Waals surface area (Å²) in [6.45, 7) is 5.23. The number of nitrogens with zero attached hydrogens (tertiary/aromatic N) is 4. The SMILES string of the molecule is CCc1ccc(-c2nc(CN3CCN(S(=O)(=O)c4cccnc4)CC3)cs2)cc1. The third kappa shape index (κ3) is 4.56. The van der Waals surface area contributed by atoms with Crippen LogP contribution in [0.5, 0.6) is 0 Å². The minimum atomic E-state index is -3.47. The van der Waals surface area contributed by atoms with E-state index in [1.165, 1.54) is 11.8 Å². The van der Waals surface area contributed by atoms with Gasteiger partial charge < -0.3 is 0 Å². The number of hydrogen-bond donors (Lipinski definition) is 0. The van der Waals surface area contributed by atoms with Crippen molar-refractivity contribution in [1.82, 2.24) is 19.2 Å². The van der Waals surface area contributed by atoms with Gasteiger partial charge in [0.15, 0.2) is 0 Å². The fourth-order valence-corrected chi connectivity index (χ4v) is 5.60. The van der Waals surface area contributed by atoms with E-state index < -0.39 is 10.0 Å². The molecule has 0 unspecified atom stereocenters. The number of sulfonamides is 1. The molecule has 0 amide bonds. The second-order valence-corrected chi connectivity index (χ2v) is 9.86. The monoisotopic (exact) mass is 428 g/mol. The quantitative estimate of drug-likeness (QED) is 0.603. The molecule has 1 saturated heterocycles. The number of rotatable bonds is 6. The number of hydrogen-bond acceptors (Lipinski definition) is 6. The van der Waals surface area contributed by atoms with E-state index in [4.69, 9.17) is 4.98 Å². The van der Waals surface area contributed by atoms with Crippen LogP contribution < -0.4 is 0 Å². The minimum absolute atomic E-state index is 0.256. The number of pyridine rings is 1. The number of thiazole rings is 1. The van der Waals surface area contributed by atoms with E-state index in [9.17, 15) is 8.42 Å². The molecule has 3 heterocycles. The molecule has 8 heteroatoms. The molecule has 4 rings (SSSR count). The van der Waals surface area contributed by atoms with Gasteiger partial charge in [-0.2, -0.15) is 4.31 Å². The zero-order chi connectivity index (χ0) is 20.3. The van der Waals surface area contributed by atoms with Crippen LogP contribution in [0.1, 0.15) is 18.2 Å². The highest BCUT2D eigenvalue weighted by Crippen LogP contribution is 2.25. The second-order valence-electron chi connectivity index (χ2n) is 7.06. The summed E-state index contributed by atoms with van der Waals surface area (Å²) in [4.78, 5) is 11.2. The minimum Gasteiger partial charge on any atom is -0.295 e. The van der Waals surface area contributed by atoms with Crippen LogP contribution >= 0.6 is 11.3 Å². The smallest absolute Gasteiger partial charge is 0.244 e. The van der Waals surface area contributed by atoms with Crippen molar-refractivity contribution in [2.75, 3.05) is 26.2 Å². The van der Waals surface area contributed by atoms with Crippen molar-refractivity contribution in [3.05, 3.63) is 65.4 Å². The zero-order valence-corrected chi connectivity index (χ0v) is 18.0. The first-order valence-electron chi connectivity index (χ1n) is 9.72. The topological polar surface area (TPSA) is 66.4 Å². The Hall–Kier alpha value is -2.13. The number of piperazine rings is 1. The van der Waals surface area contributed by atoms with Gasteiger partial charge in [0, 0.05) is 56.1 Å². The summed E-state index contributed by atoms with van der Waals surface area (Å²) < 4.78 is 27.0. The van der Waals surface area contributed by atoms with Crippen molar-refractivity contribution < 1.29 is 8.42 Å². The molecule has 2 aromatic heterocycles. The number of aromatic nitrogens is 2. The van der Waals surface area contributed by atoms with Gasteiger partial charge in [-0.05, 0) is 24.1 Å². The lowest BCUT2D eigenvalue weighted by Crippen LogP contribution is -2.48. The van der Waals surface area contributed by atoms with Gasteiger partial charge in [-0.1, -0.05) is 31.2 Å². The van der Waals surface area contributed by atoms with Crippen molar-refractivity contribution in [3.8, 4) is 10.6 Å². The second kappa shape index (κ2) is 8.71. The largest absolute Gasteiger partial charge is 0.295 e. The lowest BCUT2D eigenvalue weighted by Gasteiger charge is -2.33. The molecule has 1 aromatic carbocycles. The van der Waals surface area contributed by atoms with Gasteiger partial charge in [0.25, 0.3) is 0 Å². The maximum Gasteiger partial charge on any atom is 0.244 e. The molecular weight excluding hydrogens is 404 g/mol. The Morgan fingerprint density at radius 3 is 2.48 bits per heavy atom. The third-order valence-corrected chi connectivity index (χ3v) is 7.97. The van der Waals surface area contributed by atoms with Crippen molar-refractivity contribution >= 4 is 21.4 Å². The van der Waals surface area contributed by atoms with Gasteiger partial charge in [0.2, 0.25) is 10.0 Å². The van der Waals surface area contributed by atoms with Crippen LogP contribution in [-0.4, -0.2) is 53.8 Å². The molecule has 0 radical (unpaired) electrons. The predicted molar refractivity (Wildman–Crippen MR) is 115 cm³/mol. The molecular formula is C21H24N4O2S2. The lowest BCUT2D eigenvalue weighted by molar-refractivity contribution is 0.180. The number of benzene rings is 1. The van der Waals surface area contributed by atoms with Crippen LogP contribution in [0.25, 0.3) is 10.6 Å². The predicted octanol–water partition coefficient (Wildman–Crippen LogP) is 3.27. The summed E-state index contributed by atoms with van der Waals surface area (Å²) in [5, 5.41) is 3.13. The fourth-order valence-electron chi connectivity index (χ4n) is 3.40. The summed E-state index contributed by atoms with van der Waals surface area (Å²) in [5.74, 6) is 0. The fraction of sp³-hybridized carbons (Fsp3) is 0.333. The van der Waals surface area contributed by atoms with Gasteiger partial charge in [-0.25, -0.2) is 13.4 Å². The average molecular weight is 429 g/mol. The van der Waals surface area contributed by atoms with Crippen LogP contribution in [-0.2, 0) is 23.0 Å². The molecule has 1 aliphatic heterocycles. The maximum absolute atomic E-state index is 12.7. The first kappa shape index (κ1) is 20.2. The summed E-state index contributed by atoms with van der Waals surface area (Å²) in [6, 6.07) is 11.8. The molecule has 3 aromatic rings. The molecule has 0 N–H and O–H groups in total. The van der Waals surface area contributed by atoms with Gasteiger partial charge in [0.1, 0.15) is 9.90 Å². The summed E-state index contributed by atoms with van der Waals surface area (Å²) >= 11 is 1.66. The van der Waals surface area contributed by atoms with E-state index >= 15 is 0 Å². The van der Waals surface area contributed by atoms with Crippen LogP contribution in [0, 0.1) is 0 Å². The highest BCUT2D eigenvalue weighted by atomic mass is 32.2. The van der Waals surface area contributed by atoms with Gasteiger partial charge >= 0.3 is 0 Å². The first-order valence-corrected chi connectivity index (χ1v) is 12.0. The Kier molecular flexibility index (Phi) is 6.05. The Morgan fingerprint density at radius 2 is 1.83 bits per heavy atom. The van der Waals surface area contributed by atoms with Crippen molar-refractivity contribution in [1.29, 1.82) is 0 Å². The maximum atomic E-state index is 12.7. The van der Waals surface area contributed by atoms with E-state index in [-0.39, 0.29) is 4.90 Å². The molecule has 6 nitrogen and oxygen atoms in total. The first-order chi connectivity index (χ1) is 14.1. The Morgan fingerprint density at radius 1 is 1.07 bits per heavy atom. The zero-order valence-electron chi connectivity index (χ0n) is 16.4. The highest BCUT2D eigenvalue weighted by Gasteiger charge is 2.28. The molecule has 152 valence electrons. The highest BCUT2D eigenvalue weighted by molar-refractivity contribution is 7.89. The summed E-state index contributed by atoms with van der Waals surface area (Å²) in [6.07, 6.45) is 4.02. The van der Waals surface area contributed by atoms with E-state index in [1.807, 2.05) is 0 Å². The molecule has 0 saturated carbocycles. The van der Waals surface area contributed by atoms with E-state index in [2.05, 4.69) is 46.5 Å². The van der Waals surface area contributed by atoms with Crippen LogP contribution in [0.2, 0.25) is 0 Å². The molecule has 1 fully saturated rings. The van der Waals surface area contributed by atoms with E-state index in [1.54, 1.807) is 34.0 Å². The van der Waals surface area contributed by atoms with Crippen molar-refractivity contribution in [2.24, 2.45) is 0 Å². The van der Waals surface area contributed by atoms with E-state index in [0.29, 0.717) is 26.2 Å². The van der Waals surface area contributed by atoms with Crippen molar-refractivity contribution in [3.63, 3.8) is 0 Å². The molecule has 0 bridgehead atoms. The molecule has 0 spiro atoms. The van der Waals surface area contributed by atoms with Gasteiger partial charge in [-0.3, -0.25) is 9.88 Å². The van der Waals surface area contributed by atoms with Crippen molar-refractivity contribution in [2.45, 2.75) is 24.8 Å². The lowest BCUT2D eigenvalue weighted by atomic mass is 10.1. The molecule has 0 aliphatic carbocycles. The number of aryl methyl sites for hydroxylation is 1. The molecule has 1 aliphatic rings. The van der Waals surface area contributed by atoms with Crippen LogP contribution in [0.15, 0.2) is 59.1 Å². The van der Waals surface area contributed by atoms with Gasteiger partial charge in [0.05, 0.1) is 5.69 Å². The molecule has 29 heavy (non-hydrogen) atoms.